The summed E-state index contributed by atoms with van der Waals surface area (Å²) in [7, 11) is 0. The van der Waals surface area contributed by atoms with Gasteiger partial charge in [0, 0.05) is 12.1 Å². The normalized spacial score (nSPS) is 11.4. The molecule has 0 unspecified atom stereocenters. The third-order valence-corrected chi connectivity index (χ3v) is 5.16. The first kappa shape index (κ1) is 24.4. The molecule has 0 spiro atoms. The number of unbranched alkanes of at least 4 members (excludes halogenated alkanes) is 8. The Morgan fingerprint density at radius 3 is 2.16 bits per heavy atom. The Morgan fingerprint density at radius 2 is 1.55 bits per heavy atom. The van der Waals surface area contributed by atoms with E-state index in [2.05, 4.69) is 22.8 Å². The van der Waals surface area contributed by atoms with E-state index in [0.717, 1.165) is 18.4 Å². The maximum atomic E-state index is 12.0. The van der Waals surface area contributed by atoms with Crippen molar-refractivity contribution in [2.75, 3.05) is 5.32 Å². The zero-order chi connectivity index (χ0) is 22.3. The Hall–Kier alpha value is -2.89. The smallest absolute Gasteiger partial charge is 0.291 e. The second-order valence-corrected chi connectivity index (χ2v) is 7.82. The topological polar surface area (TPSA) is 83.7 Å². The van der Waals surface area contributed by atoms with Gasteiger partial charge >= 0.3 is 0 Å². The largest absolute Gasteiger partial charge is 0.459 e. The van der Waals surface area contributed by atoms with Crippen LogP contribution in [0.4, 0.5) is 5.69 Å². The number of carbonyl (C=O) groups is 2. The molecule has 0 saturated carbocycles. The Labute approximate surface area is 185 Å². The van der Waals surface area contributed by atoms with Crippen LogP contribution in [0.25, 0.3) is 0 Å². The van der Waals surface area contributed by atoms with Gasteiger partial charge in [-0.15, -0.1) is 0 Å². The summed E-state index contributed by atoms with van der Waals surface area (Å²) < 4.78 is 5.08. The molecule has 0 aliphatic heterocycles. The van der Waals surface area contributed by atoms with Crippen LogP contribution in [-0.4, -0.2) is 17.5 Å². The number of anilines is 1. The van der Waals surface area contributed by atoms with Gasteiger partial charge in [0.15, 0.2) is 5.76 Å². The van der Waals surface area contributed by atoms with E-state index >= 15 is 0 Å². The number of hydrogen-bond acceptors (Lipinski definition) is 4. The molecule has 0 aliphatic rings. The van der Waals surface area contributed by atoms with Gasteiger partial charge in [0.25, 0.3) is 5.91 Å². The Morgan fingerprint density at radius 1 is 0.903 bits per heavy atom. The van der Waals surface area contributed by atoms with Crippen molar-refractivity contribution in [2.45, 2.75) is 78.1 Å². The Kier molecular flexibility index (Phi) is 11.1. The lowest BCUT2D eigenvalue weighted by Gasteiger charge is -2.06. The fourth-order valence-corrected chi connectivity index (χ4v) is 3.26. The Bertz CT molecular complexity index is 811. The molecule has 0 fully saturated rings. The first-order chi connectivity index (χ1) is 15.1. The van der Waals surface area contributed by atoms with Gasteiger partial charge in [-0.3, -0.25) is 9.59 Å². The first-order valence-corrected chi connectivity index (χ1v) is 11.4. The van der Waals surface area contributed by atoms with Crippen LogP contribution in [0.5, 0.6) is 0 Å². The number of amides is 2. The van der Waals surface area contributed by atoms with E-state index in [9.17, 15) is 9.59 Å². The molecule has 2 N–H and O–H groups in total. The average Bonchev–Trinajstić information content (AvgIpc) is 3.32. The maximum Gasteiger partial charge on any atom is 0.291 e. The van der Waals surface area contributed by atoms with Crippen molar-refractivity contribution in [3.8, 4) is 0 Å². The molecule has 168 valence electrons. The highest BCUT2D eigenvalue weighted by Crippen LogP contribution is 2.13. The van der Waals surface area contributed by atoms with Crippen molar-refractivity contribution in [1.82, 2.24) is 5.43 Å². The number of carbonyl (C=O) groups excluding carboxylic acids is 2. The summed E-state index contributed by atoms with van der Waals surface area (Å²) in [5.41, 5.74) is 4.88. The van der Waals surface area contributed by atoms with E-state index in [-0.39, 0.29) is 17.6 Å². The molecule has 2 rings (SSSR count). The van der Waals surface area contributed by atoms with Crippen molar-refractivity contribution >= 4 is 23.2 Å². The van der Waals surface area contributed by atoms with Crippen molar-refractivity contribution in [3.63, 3.8) is 0 Å². The molecule has 31 heavy (non-hydrogen) atoms. The maximum absolute atomic E-state index is 12.0. The number of furan rings is 1. The molecule has 1 aromatic carbocycles. The second kappa shape index (κ2) is 14.2. The molecule has 6 nitrogen and oxygen atoms in total. The molecule has 0 saturated heterocycles. The third-order valence-electron chi connectivity index (χ3n) is 5.16. The molecule has 1 heterocycles. The minimum atomic E-state index is -0.299. The molecule has 0 radical (unpaired) electrons. The summed E-state index contributed by atoms with van der Waals surface area (Å²) in [5.74, 6) is -0.0898. The third kappa shape index (κ3) is 9.64. The first-order valence-electron chi connectivity index (χ1n) is 11.4. The van der Waals surface area contributed by atoms with E-state index in [1.807, 2.05) is 19.1 Å². The number of rotatable bonds is 14. The lowest BCUT2D eigenvalue weighted by atomic mass is 10.1. The van der Waals surface area contributed by atoms with Crippen LogP contribution >= 0.6 is 0 Å². The molecular weight excluding hydrogens is 390 g/mol. The summed E-state index contributed by atoms with van der Waals surface area (Å²) in [5, 5.41) is 6.97. The summed E-state index contributed by atoms with van der Waals surface area (Å²) in [6, 6.07) is 10.6. The van der Waals surface area contributed by atoms with Crippen molar-refractivity contribution in [3.05, 3.63) is 54.0 Å². The van der Waals surface area contributed by atoms with Crippen molar-refractivity contribution in [2.24, 2.45) is 5.10 Å². The lowest BCUT2D eigenvalue weighted by molar-refractivity contribution is -0.121. The number of nitrogens with zero attached hydrogens (tertiary/aromatic N) is 1. The van der Waals surface area contributed by atoms with Crippen LogP contribution in [0, 0.1) is 0 Å². The van der Waals surface area contributed by atoms with Crippen LogP contribution in [-0.2, 0) is 4.79 Å². The van der Waals surface area contributed by atoms with Crippen LogP contribution in [0.1, 0.15) is 94.2 Å². The van der Waals surface area contributed by atoms with Gasteiger partial charge in [-0.25, -0.2) is 5.43 Å². The minimum Gasteiger partial charge on any atom is -0.459 e. The second-order valence-electron chi connectivity index (χ2n) is 7.82. The van der Waals surface area contributed by atoms with E-state index in [0.29, 0.717) is 17.8 Å². The summed E-state index contributed by atoms with van der Waals surface area (Å²) >= 11 is 0. The standard InChI is InChI=1S/C25H35N3O3/c1-3-4-5-6-7-8-9-10-11-14-24(29)28-27-20(2)21-15-17-22(18-16-21)26-25(30)23-13-12-19-31-23/h12-13,15-19H,3-11,14H2,1-2H3,(H,26,30)(H,28,29)/b27-20+. The van der Waals surface area contributed by atoms with Gasteiger partial charge in [0.2, 0.25) is 5.91 Å². The highest BCUT2D eigenvalue weighted by molar-refractivity contribution is 6.03. The molecular formula is C25H35N3O3. The zero-order valence-electron chi connectivity index (χ0n) is 18.8. The van der Waals surface area contributed by atoms with Gasteiger partial charge in [0.05, 0.1) is 12.0 Å². The molecule has 2 aromatic rings. The monoisotopic (exact) mass is 425 g/mol. The summed E-state index contributed by atoms with van der Waals surface area (Å²) in [6.07, 6.45) is 13.0. The molecule has 0 bridgehead atoms. The van der Waals surface area contributed by atoms with Crippen LogP contribution in [0.3, 0.4) is 0 Å². The summed E-state index contributed by atoms with van der Waals surface area (Å²) in [6.45, 7) is 4.08. The van der Waals surface area contributed by atoms with Gasteiger partial charge in [-0.1, -0.05) is 70.4 Å². The molecule has 0 atom stereocenters. The van der Waals surface area contributed by atoms with E-state index in [4.69, 9.17) is 4.42 Å². The fourth-order valence-electron chi connectivity index (χ4n) is 3.26. The van der Waals surface area contributed by atoms with Gasteiger partial charge in [0.1, 0.15) is 0 Å². The highest BCUT2D eigenvalue weighted by Gasteiger charge is 2.09. The predicted octanol–water partition coefficient (Wildman–Crippen LogP) is 6.29. The molecule has 1 aromatic heterocycles. The quantitative estimate of drug-likeness (QED) is 0.212. The van der Waals surface area contributed by atoms with Gasteiger partial charge in [-0.2, -0.15) is 5.10 Å². The van der Waals surface area contributed by atoms with Crippen LogP contribution < -0.4 is 10.7 Å². The molecule has 2 amide bonds. The molecule has 0 aliphatic carbocycles. The van der Waals surface area contributed by atoms with Crippen LogP contribution in [0.15, 0.2) is 52.2 Å². The van der Waals surface area contributed by atoms with Crippen molar-refractivity contribution in [1.29, 1.82) is 0 Å². The van der Waals surface area contributed by atoms with Crippen LogP contribution in [0.2, 0.25) is 0 Å². The van der Waals surface area contributed by atoms with Gasteiger partial charge in [-0.05, 0) is 43.2 Å². The number of benzene rings is 1. The van der Waals surface area contributed by atoms with E-state index in [1.54, 1.807) is 24.3 Å². The average molecular weight is 426 g/mol. The predicted molar refractivity (Wildman–Crippen MR) is 125 cm³/mol. The van der Waals surface area contributed by atoms with Gasteiger partial charge < -0.3 is 9.73 Å². The Balaban J connectivity index is 1.64. The minimum absolute atomic E-state index is 0.0513. The van der Waals surface area contributed by atoms with E-state index in [1.165, 1.54) is 51.2 Å². The zero-order valence-corrected chi connectivity index (χ0v) is 18.8. The van der Waals surface area contributed by atoms with E-state index < -0.39 is 0 Å². The van der Waals surface area contributed by atoms with Crippen molar-refractivity contribution < 1.29 is 14.0 Å². The molecule has 6 heteroatoms. The number of nitrogens with one attached hydrogen (secondary N) is 2. The number of hydrogen-bond donors (Lipinski definition) is 2. The number of hydrazone groups is 1. The fraction of sp³-hybridized carbons (Fsp3) is 0.480. The summed E-state index contributed by atoms with van der Waals surface area (Å²) in [4.78, 5) is 24.0. The lowest BCUT2D eigenvalue weighted by Crippen LogP contribution is -2.18. The SMILES string of the molecule is CCCCCCCCCCCC(=O)N/N=C(\C)c1ccc(NC(=O)c2ccco2)cc1. The highest BCUT2D eigenvalue weighted by atomic mass is 16.3.